The van der Waals surface area contributed by atoms with E-state index in [0.29, 0.717) is 19.5 Å². The van der Waals surface area contributed by atoms with Crippen LogP contribution in [-0.2, 0) is 9.59 Å². The van der Waals surface area contributed by atoms with Crippen LogP contribution in [0.5, 0.6) is 0 Å². The Morgan fingerprint density at radius 1 is 1.57 bits per heavy atom. The number of nitrogens with zero attached hydrogens (tertiary/aromatic N) is 1. The third-order valence-electron chi connectivity index (χ3n) is 2.48. The van der Waals surface area contributed by atoms with E-state index in [0.717, 1.165) is 12.8 Å². The van der Waals surface area contributed by atoms with E-state index in [4.69, 9.17) is 5.73 Å². The number of nitrogens with two attached hydrogens (primary N) is 1. The molecule has 1 heterocycles. The fraction of sp³-hybridized carbons (Fsp3) is 0.778. The molecule has 0 aromatic carbocycles. The standard InChI is InChI=1S/C9H17N3O2/c1-11-9(14)7-3-2-6-12(7)8(13)4-5-10/h7H,2-6,10H2,1H3,(H,11,14). The first-order valence-corrected chi connectivity index (χ1v) is 4.92. The Kier molecular flexibility index (Phi) is 3.88. The van der Waals surface area contributed by atoms with Crippen LogP contribution in [0.2, 0.25) is 0 Å². The Labute approximate surface area is 83.6 Å². The smallest absolute Gasteiger partial charge is 0.242 e. The number of hydrogen-bond acceptors (Lipinski definition) is 3. The Balaban J connectivity index is 2.59. The van der Waals surface area contributed by atoms with Gasteiger partial charge in [0.05, 0.1) is 0 Å². The summed E-state index contributed by atoms with van der Waals surface area (Å²) in [5, 5.41) is 2.57. The molecule has 1 fully saturated rings. The second-order valence-corrected chi connectivity index (χ2v) is 3.40. The maximum atomic E-state index is 11.5. The monoisotopic (exact) mass is 199 g/mol. The van der Waals surface area contributed by atoms with E-state index in [1.807, 2.05) is 0 Å². The SMILES string of the molecule is CNC(=O)C1CCCN1C(=O)CCN. The Hall–Kier alpha value is -1.10. The lowest BCUT2D eigenvalue weighted by atomic mass is 10.2. The van der Waals surface area contributed by atoms with E-state index in [2.05, 4.69) is 5.32 Å². The van der Waals surface area contributed by atoms with Crippen LogP contribution < -0.4 is 11.1 Å². The van der Waals surface area contributed by atoms with Crippen molar-refractivity contribution in [2.75, 3.05) is 20.1 Å². The first kappa shape index (κ1) is 11.0. The fourth-order valence-electron chi connectivity index (χ4n) is 1.77. The number of rotatable bonds is 3. The van der Waals surface area contributed by atoms with Crippen LogP contribution in [0, 0.1) is 0 Å². The molecule has 0 aliphatic carbocycles. The van der Waals surface area contributed by atoms with Gasteiger partial charge < -0.3 is 16.0 Å². The largest absolute Gasteiger partial charge is 0.357 e. The molecule has 1 unspecified atom stereocenters. The summed E-state index contributed by atoms with van der Waals surface area (Å²) in [4.78, 5) is 24.6. The Morgan fingerprint density at radius 3 is 2.86 bits per heavy atom. The molecule has 0 aromatic heterocycles. The van der Waals surface area contributed by atoms with Crippen LogP contribution in [0.15, 0.2) is 0 Å². The van der Waals surface area contributed by atoms with Gasteiger partial charge in [0.25, 0.3) is 0 Å². The minimum Gasteiger partial charge on any atom is -0.357 e. The summed E-state index contributed by atoms with van der Waals surface area (Å²) in [5.74, 6) is -0.0912. The van der Waals surface area contributed by atoms with Crippen molar-refractivity contribution >= 4 is 11.8 Å². The highest BCUT2D eigenvalue weighted by Crippen LogP contribution is 2.17. The average molecular weight is 199 g/mol. The van der Waals surface area contributed by atoms with Crippen molar-refractivity contribution < 1.29 is 9.59 Å². The topological polar surface area (TPSA) is 75.4 Å². The molecule has 3 N–H and O–H groups in total. The van der Waals surface area contributed by atoms with Gasteiger partial charge >= 0.3 is 0 Å². The van der Waals surface area contributed by atoms with Crippen LogP contribution in [0.25, 0.3) is 0 Å². The summed E-state index contributed by atoms with van der Waals surface area (Å²) in [6, 6.07) is -0.279. The molecule has 2 amide bonds. The molecule has 80 valence electrons. The molecule has 5 heteroatoms. The highest BCUT2D eigenvalue weighted by atomic mass is 16.2. The Bertz CT molecular complexity index is 230. The third-order valence-corrected chi connectivity index (χ3v) is 2.48. The van der Waals surface area contributed by atoms with Crippen molar-refractivity contribution in [1.29, 1.82) is 0 Å². The summed E-state index contributed by atoms with van der Waals surface area (Å²) in [6.07, 6.45) is 1.98. The second kappa shape index (κ2) is 4.95. The number of carbonyl (C=O) groups is 2. The van der Waals surface area contributed by atoms with E-state index in [1.165, 1.54) is 0 Å². The predicted octanol–water partition coefficient (Wildman–Crippen LogP) is -0.928. The van der Waals surface area contributed by atoms with Crippen molar-refractivity contribution in [2.45, 2.75) is 25.3 Å². The molecule has 1 aliphatic heterocycles. The molecule has 0 spiro atoms. The molecule has 0 bridgehead atoms. The first-order chi connectivity index (χ1) is 6.70. The van der Waals surface area contributed by atoms with Crippen LogP contribution in [-0.4, -0.2) is 42.9 Å². The van der Waals surface area contributed by atoms with Crippen molar-refractivity contribution in [2.24, 2.45) is 5.73 Å². The van der Waals surface area contributed by atoms with Crippen molar-refractivity contribution in [3.8, 4) is 0 Å². The summed E-state index contributed by atoms with van der Waals surface area (Å²) in [5.41, 5.74) is 5.30. The van der Waals surface area contributed by atoms with Crippen LogP contribution in [0.4, 0.5) is 0 Å². The zero-order valence-electron chi connectivity index (χ0n) is 8.45. The number of nitrogens with one attached hydrogen (secondary N) is 1. The zero-order valence-corrected chi connectivity index (χ0v) is 8.45. The highest BCUT2D eigenvalue weighted by molar-refractivity contribution is 5.88. The van der Waals surface area contributed by atoms with Gasteiger partial charge in [0.1, 0.15) is 6.04 Å². The molecule has 1 aliphatic rings. The number of likely N-dealkylation sites (tertiary alicyclic amines) is 1. The minimum atomic E-state index is -0.279. The molecular formula is C9H17N3O2. The van der Waals surface area contributed by atoms with Gasteiger partial charge in [-0.15, -0.1) is 0 Å². The van der Waals surface area contributed by atoms with Crippen LogP contribution >= 0.6 is 0 Å². The molecular weight excluding hydrogens is 182 g/mol. The number of carbonyl (C=O) groups excluding carboxylic acids is 2. The maximum Gasteiger partial charge on any atom is 0.242 e. The molecule has 1 atom stereocenters. The first-order valence-electron chi connectivity index (χ1n) is 4.92. The zero-order chi connectivity index (χ0) is 10.6. The molecule has 5 nitrogen and oxygen atoms in total. The molecule has 0 saturated carbocycles. The molecule has 0 radical (unpaired) electrons. The van der Waals surface area contributed by atoms with Gasteiger partial charge in [-0.3, -0.25) is 9.59 Å². The van der Waals surface area contributed by atoms with Gasteiger partial charge in [0, 0.05) is 26.6 Å². The van der Waals surface area contributed by atoms with E-state index < -0.39 is 0 Å². The van der Waals surface area contributed by atoms with Crippen molar-refractivity contribution in [3.63, 3.8) is 0 Å². The molecule has 14 heavy (non-hydrogen) atoms. The lowest BCUT2D eigenvalue weighted by Gasteiger charge is -2.22. The van der Waals surface area contributed by atoms with E-state index in [9.17, 15) is 9.59 Å². The summed E-state index contributed by atoms with van der Waals surface area (Å²) in [7, 11) is 1.59. The molecule has 0 aromatic rings. The molecule has 1 rings (SSSR count). The fourth-order valence-corrected chi connectivity index (χ4v) is 1.77. The predicted molar refractivity (Wildman–Crippen MR) is 52.5 cm³/mol. The second-order valence-electron chi connectivity index (χ2n) is 3.40. The van der Waals surface area contributed by atoms with Gasteiger partial charge in [-0.1, -0.05) is 0 Å². The van der Waals surface area contributed by atoms with E-state index >= 15 is 0 Å². The summed E-state index contributed by atoms with van der Waals surface area (Å²) in [6.45, 7) is 1.02. The summed E-state index contributed by atoms with van der Waals surface area (Å²) < 4.78 is 0. The van der Waals surface area contributed by atoms with Crippen LogP contribution in [0.1, 0.15) is 19.3 Å². The quantitative estimate of drug-likeness (QED) is 0.616. The Morgan fingerprint density at radius 2 is 2.29 bits per heavy atom. The highest BCUT2D eigenvalue weighted by Gasteiger charge is 2.32. The van der Waals surface area contributed by atoms with Gasteiger partial charge in [0.15, 0.2) is 0 Å². The minimum absolute atomic E-state index is 0.0152. The van der Waals surface area contributed by atoms with E-state index in [-0.39, 0.29) is 17.9 Å². The van der Waals surface area contributed by atoms with Gasteiger partial charge in [0.2, 0.25) is 11.8 Å². The van der Waals surface area contributed by atoms with E-state index in [1.54, 1.807) is 11.9 Å². The average Bonchev–Trinajstić information content (AvgIpc) is 2.65. The normalized spacial score (nSPS) is 21.0. The van der Waals surface area contributed by atoms with Crippen LogP contribution in [0.3, 0.4) is 0 Å². The lowest BCUT2D eigenvalue weighted by molar-refractivity contribution is -0.138. The van der Waals surface area contributed by atoms with Gasteiger partial charge in [-0.25, -0.2) is 0 Å². The molecule has 1 saturated heterocycles. The van der Waals surface area contributed by atoms with Gasteiger partial charge in [-0.05, 0) is 12.8 Å². The number of hydrogen-bond donors (Lipinski definition) is 2. The lowest BCUT2D eigenvalue weighted by Crippen LogP contribution is -2.45. The summed E-state index contributed by atoms with van der Waals surface area (Å²) >= 11 is 0. The number of amides is 2. The van der Waals surface area contributed by atoms with Crippen molar-refractivity contribution in [3.05, 3.63) is 0 Å². The number of likely N-dealkylation sites (N-methyl/N-ethyl adjacent to an activating group) is 1. The van der Waals surface area contributed by atoms with Crippen molar-refractivity contribution in [1.82, 2.24) is 10.2 Å². The maximum absolute atomic E-state index is 11.5. The van der Waals surface area contributed by atoms with Gasteiger partial charge in [-0.2, -0.15) is 0 Å². The third kappa shape index (κ3) is 2.23.